The summed E-state index contributed by atoms with van der Waals surface area (Å²) in [5.41, 5.74) is -0.404. The van der Waals surface area contributed by atoms with E-state index in [-0.39, 0.29) is 43.0 Å². The van der Waals surface area contributed by atoms with Crippen LogP contribution in [0.2, 0.25) is 0 Å². The van der Waals surface area contributed by atoms with E-state index in [0.29, 0.717) is 0 Å². The van der Waals surface area contributed by atoms with Crippen molar-refractivity contribution in [3.05, 3.63) is 18.2 Å². The SMILES string of the molecule is CC1CN([SH](=O)=O)C(C)CN1c1nc(Nc2cc(S(=O)(=O)O)ccc2S(=O)(=O)O)nc(N(C)C)n1. The summed E-state index contributed by atoms with van der Waals surface area (Å²) in [5.74, 6) is 0.132. The van der Waals surface area contributed by atoms with Crippen LogP contribution in [-0.2, 0) is 31.1 Å². The van der Waals surface area contributed by atoms with E-state index in [4.69, 9.17) is 0 Å². The van der Waals surface area contributed by atoms with Gasteiger partial charge in [0.1, 0.15) is 4.90 Å². The molecule has 1 aliphatic rings. The highest BCUT2D eigenvalue weighted by molar-refractivity contribution is 7.86. The average molecular weight is 552 g/mol. The van der Waals surface area contributed by atoms with E-state index in [0.717, 1.165) is 18.2 Å². The van der Waals surface area contributed by atoms with Crippen molar-refractivity contribution in [3.8, 4) is 0 Å². The molecule has 1 aromatic carbocycles. The molecule has 3 N–H and O–H groups in total. The predicted molar refractivity (Wildman–Crippen MR) is 127 cm³/mol. The number of nitrogens with zero attached hydrogens (tertiary/aromatic N) is 6. The molecule has 0 amide bonds. The number of benzene rings is 1. The number of rotatable bonds is 7. The van der Waals surface area contributed by atoms with Gasteiger partial charge in [-0.2, -0.15) is 36.1 Å². The summed E-state index contributed by atoms with van der Waals surface area (Å²) >= 11 is 0. The van der Waals surface area contributed by atoms with Crippen LogP contribution in [0.3, 0.4) is 0 Å². The van der Waals surface area contributed by atoms with Crippen LogP contribution in [0.1, 0.15) is 13.8 Å². The number of piperazine rings is 1. The lowest BCUT2D eigenvalue weighted by Crippen LogP contribution is -2.56. The van der Waals surface area contributed by atoms with Crippen LogP contribution < -0.4 is 15.1 Å². The van der Waals surface area contributed by atoms with Crippen LogP contribution in [-0.4, -0.2) is 92.9 Å². The third-order valence-electron chi connectivity index (χ3n) is 5.20. The second kappa shape index (κ2) is 9.78. The van der Waals surface area contributed by atoms with E-state index in [1.165, 1.54) is 4.31 Å². The fourth-order valence-electron chi connectivity index (χ4n) is 3.47. The van der Waals surface area contributed by atoms with Crippen molar-refractivity contribution in [2.24, 2.45) is 0 Å². The minimum absolute atomic E-state index is 0.158. The molecule has 0 saturated carbocycles. The maximum Gasteiger partial charge on any atom is 0.296 e. The van der Waals surface area contributed by atoms with Gasteiger partial charge in [0.05, 0.1) is 10.6 Å². The van der Waals surface area contributed by atoms with Gasteiger partial charge in [0.25, 0.3) is 20.2 Å². The molecule has 1 fully saturated rings. The molecule has 2 atom stereocenters. The molecule has 0 aliphatic carbocycles. The lowest BCUT2D eigenvalue weighted by atomic mass is 10.1. The first-order valence-electron chi connectivity index (χ1n) is 10.0. The Morgan fingerprint density at radius 2 is 1.66 bits per heavy atom. The molecular weight excluding hydrogens is 526 g/mol. The van der Waals surface area contributed by atoms with Gasteiger partial charge < -0.3 is 15.1 Å². The summed E-state index contributed by atoms with van der Waals surface area (Å²) in [6, 6.07) is 1.74. The molecule has 35 heavy (non-hydrogen) atoms. The van der Waals surface area contributed by atoms with Crippen molar-refractivity contribution in [2.75, 3.05) is 42.3 Å². The van der Waals surface area contributed by atoms with Gasteiger partial charge in [0.2, 0.25) is 28.7 Å². The zero-order valence-electron chi connectivity index (χ0n) is 19.1. The van der Waals surface area contributed by atoms with Crippen LogP contribution in [0, 0.1) is 0 Å². The van der Waals surface area contributed by atoms with E-state index >= 15 is 0 Å². The Kier molecular flexibility index (Phi) is 7.53. The summed E-state index contributed by atoms with van der Waals surface area (Å²) < 4.78 is 90.1. The van der Waals surface area contributed by atoms with E-state index in [2.05, 4.69) is 20.3 Å². The molecular formula is C17H25N7O8S3. The van der Waals surface area contributed by atoms with Crippen molar-refractivity contribution in [1.29, 1.82) is 0 Å². The monoisotopic (exact) mass is 551 g/mol. The lowest BCUT2D eigenvalue weighted by molar-refractivity contribution is 0.278. The molecule has 2 aromatic rings. The molecule has 3 rings (SSSR count). The average Bonchev–Trinajstić information content (AvgIpc) is 2.73. The minimum Gasteiger partial charge on any atom is -0.347 e. The lowest BCUT2D eigenvalue weighted by Gasteiger charge is -2.41. The number of hydrogen-bond acceptors (Lipinski definition) is 12. The molecule has 1 saturated heterocycles. The normalized spacial score (nSPS) is 19.7. The topological polar surface area (TPSA) is 203 Å². The molecule has 1 aliphatic heterocycles. The zero-order chi connectivity index (χ0) is 26.3. The quantitative estimate of drug-likeness (QED) is 0.255. The highest BCUT2D eigenvalue weighted by atomic mass is 32.2. The van der Waals surface area contributed by atoms with Crippen molar-refractivity contribution in [2.45, 2.75) is 35.7 Å². The Hall–Kier alpha value is -2.64. The summed E-state index contributed by atoms with van der Waals surface area (Å²) in [5, 5.41) is 2.58. The maximum atomic E-state index is 11.8. The molecule has 194 valence electrons. The van der Waals surface area contributed by atoms with Gasteiger partial charge in [-0.05, 0) is 32.0 Å². The van der Waals surface area contributed by atoms with Gasteiger partial charge in [-0.25, -0.2) is 8.42 Å². The first-order chi connectivity index (χ1) is 16.1. The molecule has 2 unspecified atom stereocenters. The Balaban J connectivity index is 2.09. The molecule has 18 heteroatoms. The molecule has 0 bridgehead atoms. The second-order valence-corrected chi connectivity index (χ2v) is 11.9. The van der Waals surface area contributed by atoms with Crippen LogP contribution in [0.25, 0.3) is 0 Å². The largest absolute Gasteiger partial charge is 0.347 e. The zero-order valence-corrected chi connectivity index (χ0v) is 21.6. The fraction of sp³-hybridized carbons (Fsp3) is 0.471. The van der Waals surface area contributed by atoms with Crippen molar-refractivity contribution in [3.63, 3.8) is 0 Å². The summed E-state index contributed by atoms with van der Waals surface area (Å²) in [4.78, 5) is 14.9. The number of aromatic nitrogens is 3. The van der Waals surface area contributed by atoms with Crippen LogP contribution >= 0.6 is 0 Å². The van der Waals surface area contributed by atoms with Gasteiger partial charge in [-0.1, -0.05) is 0 Å². The smallest absolute Gasteiger partial charge is 0.296 e. The Morgan fingerprint density at radius 3 is 2.20 bits per heavy atom. The number of hydrogen-bond donors (Lipinski definition) is 4. The van der Waals surface area contributed by atoms with Gasteiger partial charge >= 0.3 is 0 Å². The molecule has 1 aromatic heterocycles. The summed E-state index contributed by atoms with van der Waals surface area (Å²) in [7, 11) is -8.96. The van der Waals surface area contributed by atoms with Crippen molar-refractivity contribution < 1.29 is 34.4 Å². The van der Waals surface area contributed by atoms with Gasteiger partial charge in [-0.3, -0.25) is 9.11 Å². The molecule has 2 heterocycles. The third-order valence-corrected chi connectivity index (χ3v) is 7.94. The van der Waals surface area contributed by atoms with E-state index in [1.807, 2.05) is 0 Å². The van der Waals surface area contributed by atoms with E-state index < -0.39 is 46.6 Å². The van der Waals surface area contributed by atoms with Crippen LogP contribution in [0.5, 0.6) is 0 Å². The predicted octanol–water partition coefficient (Wildman–Crippen LogP) is -0.400. The third kappa shape index (κ3) is 6.14. The number of anilines is 4. The Labute approximate surface area is 204 Å². The van der Waals surface area contributed by atoms with Crippen molar-refractivity contribution >= 4 is 54.7 Å². The standard InChI is InChI=1S/C17H25N7O8S3/c1-10-9-24(33(25)26)11(2)8-23(10)17-20-15(19-16(21-17)22(3)4)18-13-7-12(34(27,28)29)5-6-14(13)35(30,31)32/h5-7,10-11,33H,8-9H2,1-4H3,(H,27,28,29)(H,30,31,32)(H,18,19,20,21). The fourth-order valence-corrected chi connectivity index (χ4v) is 5.36. The van der Waals surface area contributed by atoms with E-state index in [9.17, 15) is 34.4 Å². The molecule has 15 nitrogen and oxygen atoms in total. The van der Waals surface area contributed by atoms with Crippen LogP contribution in [0.4, 0.5) is 23.5 Å². The molecule has 0 spiro atoms. The summed E-state index contributed by atoms with van der Waals surface area (Å²) in [6.45, 7) is 3.97. The highest BCUT2D eigenvalue weighted by Crippen LogP contribution is 2.29. The Morgan fingerprint density at radius 1 is 1.00 bits per heavy atom. The first kappa shape index (κ1) is 27.0. The number of thiol groups is 1. The first-order valence-corrected chi connectivity index (χ1v) is 14.1. The van der Waals surface area contributed by atoms with Gasteiger partial charge in [-0.15, -0.1) is 0 Å². The van der Waals surface area contributed by atoms with Gasteiger partial charge in [0, 0.05) is 39.3 Å². The van der Waals surface area contributed by atoms with Crippen LogP contribution in [0.15, 0.2) is 28.0 Å². The van der Waals surface area contributed by atoms with Gasteiger partial charge in [0.15, 0.2) is 0 Å². The van der Waals surface area contributed by atoms with E-state index in [1.54, 1.807) is 37.7 Å². The maximum absolute atomic E-state index is 11.8. The number of nitrogens with one attached hydrogen (secondary N) is 1. The highest BCUT2D eigenvalue weighted by Gasteiger charge is 2.33. The summed E-state index contributed by atoms with van der Waals surface area (Å²) in [6.07, 6.45) is 0. The minimum atomic E-state index is -4.80. The second-order valence-electron chi connectivity index (χ2n) is 8.10. The Bertz CT molecular complexity index is 1400. The molecule has 0 radical (unpaired) electrons. The van der Waals surface area contributed by atoms with Crippen molar-refractivity contribution in [1.82, 2.24) is 19.3 Å².